The Morgan fingerprint density at radius 1 is 1.25 bits per heavy atom. The number of carbonyl (C=O) groups excluding carboxylic acids is 2. The van der Waals surface area contributed by atoms with Crippen molar-refractivity contribution in [1.82, 2.24) is 5.32 Å². The third kappa shape index (κ3) is 5.84. The van der Waals surface area contributed by atoms with Crippen LogP contribution in [-0.2, 0) is 4.79 Å². The van der Waals surface area contributed by atoms with Crippen molar-refractivity contribution in [3.63, 3.8) is 0 Å². The Kier molecular flexibility index (Phi) is 6.73. The lowest BCUT2D eigenvalue weighted by molar-refractivity contribution is -0.116. The van der Waals surface area contributed by atoms with E-state index in [0.29, 0.717) is 24.2 Å². The summed E-state index contributed by atoms with van der Waals surface area (Å²) in [5.74, 6) is -0.195. The predicted octanol–water partition coefficient (Wildman–Crippen LogP) is 1.89. The molecule has 0 saturated carbocycles. The fourth-order valence-corrected chi connectivity index (χ4v) is 1.74. The molecule has 0 heterocycles. The highest BCUT2D eigenvalue weighted by molar-refractivity contribution is 5.97. The molecular formula is C15H23N3O2. The molecule has 20 heavy (non-hydrogen) atoms. The van der Waals surface area contributed by atoms with E-state index in [9.17, 15) is 9.59 Å². The number of benzene rings is 1. The van der Waals surface area contributed by atoms with Gasteiger partial charge in [-0.1, -0.05) is 6.07 Å². The second-order valence-corrected chi connectivity index (χ2v) is 5.00. The average molecular weight is 277 g/mol. The highest BCUT2D eigenvalue weighted by Gasteiger charge is 2.08. The van der Waals surface area contributed by atoms with Gasteiger partial charge < -0.3 is 16.4 Å². The van der Waals surface area contributed by atoms with Crippen molar-refractivity contribution in [1.29, 1.82) is 0 Å². The van der Waals surface area contributed by atoms with E-state index < -0.39 is 0 Å². The smallest absolute Gasteiger partial charge is 0.251 e. The monoisotopic (exact) mass is 277 g/mol. The number of nitrogens with one attached hydrogen (secondary N) is 2. The Balaban J connectivity index is 2.59. The van der Waals surface area contributed by atoms with Crippen LogP contribution in [-0.4, -0.2) is 24.4 Å². The van der Waals surface area contributed by atoms with Gasteiger partial charge >= 0.3 is 0 Å². The van der Waals surface area contributed by atoms with Crippen LogP contribution in [0.4, 0.5) is 5.69 Å². The highest BCUT2D eigenvalue weighted by atomic mass is 16.2. The number of hydrogen-bond acceptors (Lipinski definition) is 3. The van der Waals surface area contributed by atoms with Gasteiger partial charge in [0.25, 0.3) is 5.91 Å². The summed E-state index contributed by atoms with van der Waals surface area (Å²) >= 11 is 0. The van der Waals surface area contributed by atoms with Crippen molar-refractivity contribution in [2.75, 3.05) is 11.9 Å². The zero-order valence-corrected chi connectivity index (χ0v) is 12.1. The predicted molar refractivity (Wildman–Crippen MR) is 80.6 cm³/mol. The van der Waals surface area contributed by atoms with Crippen LogP contribution in [0, 0.1) is 0 Å². The first-order valence-electron chi connectivity index (χ1n) is 6.93. The Morgan fingerprint density at radius 2 is 2.00 bits per heavy atom. The van der Waals surface area contributed by atoms with Crippen LogP contribution in [0.1, 0.15) is 43.5 Å². The standard InChI is InChI=1S/C15H23N3O2/c1-11(2)17-15(20)12-6-5-7-13(10-12)18-14(19)8-3-4-9-16/h5-7,10-11H,3-4,8-9,16H2,1-2H3,(H,17,20)(H,18,19). The summed E-state index contributed by atoms with van der Waals surface area (Å²) in [6.45, 7) is 4.40. The van der Waals surface area contributed by atoms with Gasteiger partial charge in [0.2, 0.25) is 5.91 Å². The summed E-state index contributed by atoms with van der Waals surface area (Å²) in [6.07, 6.45) is 2.06. The first kappa shape index (κ1) is 16.2. The molecule has 110 valence electrons. The van der Waals surface area contributed by atoms with E-state index in [4.69, 9.17) is 5.73 Å². The van der Waals surface area contributed by atoms with Crippen LogP contribution >= 0.6 is 0 Å². The summed E-state index contributed by atoms with van der Waals surface area (Å²) in [4.78, 5) is 23.6. The second-order valence-electron chi connectivity index (χ2n) is 5.00. The minimum absolute atomic E-state index is 0.0557. The summed E-state index contributed by atoms with van der Waals surface area (Å²) in [5, 5.41) is 5.61. The molecule has 0 saturated heterocycles. The molecule has 5 nitrogen and oxygen atoms in total. The van der Waals surface area contributed by atoms with Gasteiger partial charge in [0.05, 0.1) is 0 Å². The van der Waals surface area contributed by atoms with Gasteiger partial charge in [-0.05, 0) is 51.4 Å². The third-order valence-electron chi connectivity index (χ3n) is 2.69. The normalized spacial score (nSPS) is 10.4. The molecule has 5 heteroatoms. The molecule has 0 aliphatic carbocycles. The van der Waals surface area contributed by atoms with Crippen molar-refractivity contribution in [3.8, 4) is 0 Å². The summed E-state index contributed by atoms with van der Waals surface area (Å²) < 4.78 is 0. The maximum absolute atomic E-state index is 11.9. The van der Waals surface area contributed by atoms with E-state index in [1.54, 1.807) is 24.3 Å². The molecule has 0 aromatic heterocycles. The number of amides is 2. The molecule has 0 aliphatic rings. The van der Waals surface area contributed by atoms with E-state index in [0.717, 1.165) is 12.8 Å². The lowest BCUT2D eigenvalue weighted by atomic mass is 10.1. The molecule has 1 aromatic carbocycles. The minimum Gasteiger partial charge on any atom is -0.350 e. The van der Waals surface area contributed by atoms with Crippen LogP contribution < -0.4 is 16.4 Å². The Morgan fingerprint density at radius 3 is 2.65 bits per heavy atom. The number of rotatable bonds is 7. The summed E-state index contributed by atoms with van der Waals surface area (Å²) in [6, 6.07) is 7.01. The molecule has 0 spiro atoms. The molecule has 1 aromatic rings. The van der Waals surface area contributed by atoms with Crippen LogP contribution in [0.2, 0.25) is 0 Å². The molecule has 0 atom stereocenters. The van der Waals surface area contributed by atoms with Crippen molar-refractivity contribution < 1.29 is 9.59 Å². The second kappa shape index (κ2) is 8.32. The summed E-state index contributed by atoms with van der Waals surface area (Å²) in [5.41, 5.74) is 6.56. The fraction of sp³-hybridized carbons (Fsp3) is 0.467. The molecule has 2 amide bonds. The lowest BCUT2D eigenvalue weighted by Gasteiger charge is -2.10. The van der Waals surface area contributed by atoms with E-state index in [1.807, 2.05) is 13.8 Å². The topological polar surface area (TPSA) is 84.2 Å². The van der Waals surface area contributed by atoms with Crippen molar-refractivity contribution in [2.24, 2.45) is 5.73 Å². The lowest BCUT2D eigenvalue weighted by Crippen LogP contribution is -2.30. The van der Waals surface area contributed by atoms with Crippen LogP contribution in [0.15, 0.2) is 24.3 Å². The van der Waals surface area contributed by atoms with Gasteiger partial charge in [-0.15, -0.1) is 0 Å². The largest absolute Gasteiger partial charge is 0.350 e. The van der Waals surface area contributed by atoms with Crippen molar-refractivity contribution >= 4 is 17.5 Å². The quantitative estimate of drug-likeness (QED) is 0.665. The number of nitrogens with two attached hydrogens (primary N) is 1. The van der Waals surface area contributed by atoms with Gasteiger partial charge in [0.15, 0.2) is 0 Å². The minimum atomic E-state index is -0.140. The van der Waals surface area contributed by atoms with Crippen LogP contribution in [0.3, 0.4) is 0 Å². The maximum atomic E-state index is 11.9. The molecule has 0 fully saturated rings. The van der Waals surface area contributed by atoms with E-state index in [2.05, 4.69) is 10.6 Å². The van der Waals surface area contributed by atoms with Gasteiger partial charge in [0, 0.05) is 23.7 Å². The molecule has 0 radical (unpaired) electrons. The highest BCUT2D eigenvalue weighted by Crippen LogP contribution is 2.11. The first-order chi connectivity index (χ1) is 9.52. The van der Waals surface area contributed by atoms with E-state index >= 15 is 0 Å². The molecule has 4 N–H and O–H groups in total. The number of carbonyl (C=O) groups is 2. The van der Waals surface area contributed by atoms with E-state index in [1.165, 1.54) is 0 Å². The van der Waals surface area contributed by atoms with Crippen LogP contribution in [0.5, 0.6) is 0 Å². The summed E-state index contributed by atoms with van der Waals surface area (Å²) in [7, 11) is 0. The number of hydrogen-bond donors (Lipinski definition) is 3. The Hall–Kier alpha value is -1.88. The first-order valence-corrected chi connectivity index (χ1v) is 6.93. The van der Waals surface area contributed by atoms with Gasteiger partial charge in [-0.25, -0.2) is 0 Å². The third-order valence-corrected chi connectivity index (χ3v) is 2.69. The maximum Gasteiger partial charge on any atom is 0.251 e. The zero-order valence-electron chi connectivity index (χ0n) is 12.1. The van der Waals surface area contributed by atoms with Gasteiger partial charge in [-0.3, -0.25) is 9.59 Å². The molecule has 0 aliphatic heterocycles. The number of unbranched alkanes of at least 4 members (excludes halogenated alkanes) is 1. The van der Waals surface area contributed by atoms with Crippen LogP contribution in [0.25, 0.3) is 0 Å². The molecule has 0 bridgehead atoms. The average Bonchev–Trinajstić information content (AvgIpc) is 2.38. The zero-order chi connectivity index (χ0) is 15.0. The Bertz CT molecular complexity index is 458. The van der Waals surface area contributed by atoms with Gasteiger partial charge in [0.1, 0.15) is 0 Å². The van der Waals surface area contributed by atoms with E-state index in [-0.39, 0.29) is 17.9 Å². The molecule has 1 rings (SSSR count). The SMILES string of the molecule is CC(C)NC(=O)c1cccc(NC(=O)CCCCN)c1. The van der Waals surface area contributed by atoms with Gasteiger partial charge in [-0.2, -0.15) is 0 Å². The Labute approximate surface area is 119 Å². The molecule has 0 unspecified atom stereocenters. The van der Waals surface area contributed by atoms with Crippen molar-refractivity contribution in [3.05, 3.63) is 29.8 Å². The fourth-order valence-electron chi connectivity index (χ4n) is 1.74. The molecular weight excluding hydrogens is 254 g/mol. The van der Waals surface area contributed by atoms with Crippen molar-refractivity contribution in [2.45, 2.75) is 39.2 Å². The number of anilines is 1.